The number of amidine groups is 1. The smallest absolute Gasteiger partial charge is 0.200 e. The summed E-state index contributed by atoms with van der Waals surface area (Å²) in [5.41, 5.74) is 6.11. The van der Waals surface area contributed by atoms with Crippen molar-refractivity contribution in [2.75, 3.05) is 18.0 Å². The molecule has 8 nitrogen and oxygen atoms in total. The van der Waals surface area contributed by atoms with E-state index in [1.54, 1.807) is 0 Å². The molecule has 3 N–H and O–H groups in total. The van der Waals surface area contributed by atoms with Gasteiger partial charge in [0.2, 0.25) is 0 Å². The second-order valence-corrected chi connectivity index (χ2v) is 5.18. The minimum absolute atomic E-state index is 0.185. The molecule has 19 heavy (non-hydrogen) atoms. The second kappa shape index (κ2) is 4.15. The van der Waals surface area contributed by atoms with Gasteiger partial charge in [0, 0.05) is 18.5 Å². The van der Waals surface area contributed by atoms with Gasteiger partial charge in [0.25, 0.3) is 0 Å². The summed E-state index contributed by atoms with van der Waals surface area (Å²) in [7, 11) is 0. The number of tetrazole rings is 1. The van der Waals surface area contributed by atoms with Gasteiger partial charge in [-0.15, -0.1) is 14.8 Å². The Hall–Kier alpha value is -2.25. The molecule has 1 fully saturated rings. The highest BCUT2D eigenvalue weighted by molar-refractivity contribution is 5.83. The first-order chi connectivity index (χ1) is 9.08. The predicted molar refractivity (Wildman–Crippen MR) is 70.0 cm³/mol. The zero-order chi connectivity index (χ0) is 13.5. The number of rotatable bonds is 2. The Morgan fingerprint density at radius 3 is 2.79 bits per heavy atom. The number of nitrogens with one attached hydrogen (secondary N) is 1. The van der Waals surface area contributed by atoms with Crippen LogP contribution in [0, 0.1) is 10.8 Å². The van der Waals surface area contributed by atoms with Gasteiger partial charge in [-0.05, 0) is 35.4 Å². The summed E-state index contributed by atoms with van der Waals surface area (Å²) in [5.74, 6) is 1.13. The van der Waals surface area contributed by atoms with Crippen LogP contribution >= 0.6 is 0 Å². The van der Waals surface area contributed by atoms with Crippen molar-refractivity contribution in [2.24, 2.45) is 11.1 Å². The maximum Gasteiger partial charge on any atom is 0.200 e. The first-order valence-electron chi connectivity index (χ1n) is 6.23. The highest BCUT2D eigenvalue weighted by atomic mass is 15.6. The van der Waals surface area contributed by atoms with Crippen LogP contribution in [0.1, 0.15) is 19.8 Å². The van der Waals surface area contributed by atoms with Crippen molar-refractivity contribution in [2.45, 2.75) is 19.8 Å². The minimum Gasteiger partial charge on any atom is -0.387 e. The molecule has 0 spiro atoms. The van der Waals surface area contributed by atoms with Gasteiger partial charge in [-0.1, -0.05) is 6.92 Å². The Kier molecular flexibility index (Phi) is 2.58. The van der Waals surface area contributed by atoms with Crippen molar-refractivity contribution in [3.8, 4) is 0 Å². The molecule has 0 aromatic carbocycles. The molecule has 8 heteroatoms. The first kappa shape index (κ1) is 11.8. The summed E-state index contributed by atoms with van der Waals surface area (Å²) in [6, 6.07) is 3.77. The van der Waals surface area contributed by atoms with E-state index in [0.29, 0.717) is 5.65 Å². The van der Waals surface area contributed by atoms with E-state index in [1.807, 2.05) is 19.1 Å². The second-order valence-electron chi connectivity index (χ2n) is 5.18. The van der Waals surface area contributed by atoms with Gasteiger partial charge in [0.05, 0.1) is 5.84 Å². The molecule has 0 aliphatic carbocycles. The molecule has 0 atom stereocenters. The monoisotopic (exact) mass is 260 g/mol. The van der Waals surface area contributed by atoms with Gasteiger partial charge < -0.3 is 10.6 Å². The average Bonchev–Trinajstić information content (AvgIpc) is 2.86. The third-order valence-corrected chi connectivity index (χ3v) is 3.90. The normalized spacial score (nSPS) is 18.7. The van der Waals surface area contributed by atoms with Crippen LogP contribution in [0.15, 0.2) is 12.1 Å². The quantitative estimate of drug-likeness (QED) is 0.584. The van der Waals surface area contributed by atoms with Crippen LogP contribution in [0.25, 0.3) is 5.65 Å². The van der Waals surface area contributed by atoms with Crippen LogP contribution in [0.3, 0.4) is 0 Å². The molecule has 0 unspecified atom stereocenters. The summed E-state index contributed by atoms with van der Waals surface area (Å²) in [6.45, 7) is 3.71. The van der Waals surface area contributed by atoms with Gasteiger partial charge in [-0.2, -0.15) is 0 Å². The molecular weight excluding hydrogens is 244 g/mol. The molecule has 0 amide bonds. The van der Waals surface area contributed by atoms with E-state index in [1.165, 1.54) is 4.63 Å². The SMILES string of the molecule is CC1(C(=N)N)CCN(c2ccc3nnnn3n2)CC1. The Labute approximate surface area is 110 Å². The summed E-state index contributed by atoms with van der Waals surface area (Å²) in [5, 5.41) is 23.2. The van der Waals surface area contributed by atoms with E-state index < -0.39 is 0 Å². The number of nitrogens with two attached hydrogens (primary N) is 1. The fourth-order valence-corrected chi connectivity index (χ4v) is 2.31. The van der Waals surface area contributed by atoms with E-state index in [0.717, 1.165) is 31.7 Å². The summed E-state index contributed by atoms with van der Waals surface area (Å²) >= 11 is 0. The van der Waals surface area contributed by atoms with E-state index in [9.17, 15) is 0 Å². The molecule has 3 heterocycles. The fourth-order valence-electron chi connectivity index (χ4n) is 2.31. The van der Waals surface area contributed by atoms with Crippen LogP contribution in [-0.2, 0) is 0 Å². The summed E-state index contributed by atoms with van der Waals surface area (Å²) in [4.78, 5) is 2.17. The van der Waals surface area contributed by atoms with Crippen LogP contribution in [0.5, 0.6) is 0 Å². The Bertz CT molecular complexity index is 610. The van der Waals surface area contributed by atoms with E-state index >= 15 is 0 Å². The molecule has 2 aromatic heterocycles. The molecular formula is C11H16N8. The lowest BCUT2D eigenvalue weighted by Crippen LogP contribution is -2.45. The van der Waals surface area contributed by atoms with Gasteiger partial charge in [-0.3, -0.25) is 5.41 Å². The topological polar surface area (TPSA) is 109 Å². The number of aromatic nitrogens is 5. The largest absolute Gasteiger partial charge is 0.387 e. The maximum atomic E-state index is 7.66. The number of anilines is 1. The summed E-state index contributed by atoms with van der Waals surface area (Å²) < 4.78 is 1.42. The van der Waals surface area contributed by atoms with Crippen molar-refractivity contribution < 1.29 is 0 Å². The maximum absolute atomic E-state index is 7.66. The van der Waals surface area contributed by atoms with Crippen molar-refractivity contribution in [3.63, 3.8) is 0 Å². The van der Waals surface area contributed by atoms with Crippen LogP contribution in [-0.4, -0.2) is 44.2 Å². The summed E-state index contributed by atoms with van der Waals surface area (Å²) in [6.07, 6.45) is 1.72. The lowest BCUT2D eigenvalue weighted by atomic mass is 9.79. The highest BCUT2D eigenvalue weighted by Gasteiger charge is 2.33. The molecule has 0 saturated carbocycles. The van der Waals surface area contributed by atoms with Crippen LogP contribution in [0.2, 0.25) is 0 Å². The van der Waals surface area contributed by atoms with Crippen LogP contribution in [0.4, 0.5) is 5.82 Å². The average molecular weight is 260 g/mol. The van der Waals surface area contributed by atoms with Gasteiger partial charge in [0.15, 0.2) is 11.5 Å². The third-order valence-electron chi connectivity index (χ3n) is 3.90. The Balaban J connectivity index is 1.79. The molecule has 1 aliphatic heterocycles. The van der Waals surface area contributed by atoms with Crippen molar-refractivity contribution >= 4 is 17.3 Å². The highest BCUT2D eigenvalue weighted by Crippen LogP contribution is 2.32. The van der Waals surface area contributed by atoms with Crippen LogP contribution < -0.4 is 10.6 Å². The fraction of sp³-hybridized carbons (Fsp3) is 0.545. The van der Waals surface area contributed by atoms with Crippen molar-refractivity contribution in [3.05, 3.63) is 12.1 Å². The molecule has 100 valence electrons. The molecule has 2 aromatic rings. The van der Waals surface area contributed by atoms with Crippen molar-refractivity contribution in [1.82, 2.24) is 25.3 Å². The number of piperidine rings is 1. The van der Waals surface area contributed by atoms with Gasteiger partial charge in [-0.25, -0.2) is 0 Å². The Morgan fingerprint density at radius 2 is 2.11 bits per heavy atom. The number of nitrogens with zero attached hydrogens (tertiary/aromatic N) is 6. The first-order valence-corrected chi connectivity index (χ1v) is 6.23. The lowest BCUT2D eigenvalue weighted by molar-refractivity contribution is 0.349. The number of hydrogen-bond donors (Lipinski definition) is 2. The van der Waals surface area contributed by atoms with E-state index in [-0.39, 0.29) is 11.3 Å². The molecule has 1 saturated heterocycles. The third kappa shape index (κ3) is 1.98. The van der Waals surface area contributed by atoms with Gasteiger partial charge >= 0.3 is 0 Å². The molecule has 0 bridgehead atoms. The zero-order valence-electron chi connectivity index (χ0n) is 10.7. The minimum atomic E-state index is -0.185. The standard InChI is InChI=1S/C11H16N8/c1-11(10(12)13)4-6-18(7-5-11)9-3-2-8-14-16-17-19(8)15-9/h2-3H,4-7H2,1H3,(H3,12,13). The molecule has 3 rings (SSSR count). The zero-order valence-corrected chi connectivity index (χ0v) is 10.7. The van der Waals surface area contributed by atoms with E-state index in [2.05, 4.69) is 25.5 Å². The lowest BCUT2D eigenvalue weighted by Gasteiger charge is -2.38. The molecule has 0 radical (unpaired) electrons. The van der Waals surface area contributed by atoms with E-state index in [4.69, 9.17) is 11.1 Å². The van der Waals surface area contributed by atoms with Gasteiger partial charge in [0.1, 0.15) is 0 Å². The predicted octanol–water partition coefficient (Wildman–Crippen LogP) is 0.0618. The Morgan fingerprint density at radius 1 is 1.37 bits per heavy atom. The number of hydrogen-bond acceptors (Lipinski definition) is 6. The number of fused-ring (bicyclic) bond motifs is 1. The molecule has 1 aliphatic rings. The van der Waals surface area contributed by atoms with Crippen molar-refractivity contribution in [1.29, 1.82) is 5.41 Å².